The molecule has 0 saturated heterocycles. The molecule has 0 bridgehead atoms. The molecule has 0 spiro atoms. The first-order chi connectivity index (χ1) is 9.65. The molecule has 1 aliphatic carbocycles. The van der Waals surface area contributed by atoms with Crippen molar-refractivity contribution in [1.29, 1.82) is 0 Å². The van der Waals surface area contributed by atoms with E-state index in [-0.39, 0.29) is 11.2 Å². The first-order valence-electron chi connectivity index (χ1n) is 7.45. The summed E-state index contributed by atoms with van der Waals surface area (Å²) in [6, 6.07) is 4.80. The number of halogens is 2. The highest BCUT2D eigenvalue weighted by Gasteiger charge is 2.19. The lowest BCUT2D eigenvalue weighted by Crippen LogP contribution is -2.08. The van der Waals surface area contributed by atoms with Crippen LogP contribution >= 0.6 is 11.6 Å². The van der Waals surface area contributed by atoms with Gasteiger partial charge in [0.15, 0.2) is 0 Å². The van der Waals surface area contributed by atoms with Gasteiger partial charge in [-0.3, -0.25) is 0 Å². The summed E-state index contributed by atoms with van der Waals surface area (Å²) in [5.41, 5.74) is 1.70. The molecule has 108 valence electrons. The van der Waals surface area contributed by atoms with Crippen molar-refractivity contribution in [3.63, 3.8) is 0 Å². The summed E-state index contributed by atoms with van der Waals surface area (Å²) in [4.78, 5) is 4.51. The van der Waals surface area contributed by atoms with Gasteiger partial charge in [0.05, 0.1) is 16.4 Å². The van der Waals surface area contributed by atoms with Gasteiger partial charge in [-0.1, -0.05) is 25.7 Å². The maximum atomic E-state index is 13.3. The number of alkyl halides is 1. The topological polar surface area (TPSA) is 17.8 Å². The van der Waals surface area contributed by atoms with Crippen molar-refractivity contribution < 1.29 is 4.39 Å². The summed E-state index contributed by atoms with van der Waals surface area (Å²) in [5, 5.41) is -0.158. The molecule has 0 radical (unpaired) electrons. The van der Waals surface area contributed by atoms with Crippen molar-refractivity contribution in [1.82, 2.24) is 9.55 Å². The largest absolute Gasteiger partial charge is 0.327 e. The number of nitrogens with zero attached hydrogens (tertiary/aromatic N) is 2. The minimum atomic E-state index is -0.244. The summed E-state index contributed by atoms with van der Waals surface area (Å²) in [6.45, 7) is 2.85. The van der Waals surface area contributed by atoms with Crippen molar-refractivity contribution in [2.75, 3.05) is 0 Å². The zero-order chi connectivity index (χ0) is 14.1. The molecule has 20 heavy (non-hydrogen) atoms. The molecule has 4 heteroatoms. The predicted molar refractivity (Wildman–Crippen MR) is 80.5 cm³/mol. The molecule has 3 rings (SSSR count). The molecule has 1 aromatic carbocycles. The van der Waals surface area contributed by atoms with E-state index in [1.165, 1.54) is 44.2 Å². The van der Waals surface area contributed by atoms with Crippen LogP contribution in [0.1, 0.15) is 50.2 Å². The van der Waals surface area contributed by atoms with Crippen LogP contribution in [-0.2, 0) is 6.54 Å². The molecule has 1 fully saturated rings. The van der Waals surface area contributed by atoms with E-state index in [9.17, 15) is 4.39 Å². The minimum absolute atomic E-state index is 0.158. The van der Waals surface area contributed by atoms with Crippen LogP contribution in [0, 0.1) is 11.7 Å². The van der Waals surface area contributed by atoms with Crippen LogP contribution in [0.2, 0.25) is 0 Å². The van der Waals surface area contributed by atoms with Crippen molar-refractivity contribution >= 4 is 22.6 Å². The van der Waals surface area contributed by atoms with Crippen molar-refractivity contribution in [2.24, 2.45) is 5.92 Å². The quantitative estimate of drug-likeness (QED) is 0.721. The van der Waals surface area contributed by atoms with Crippen LogP contribution in [0.3, 0.4) is 0 Å². The zero-order valence-electron chi connectivity index (χ0n) is 11.8. The molecule has 0 aliphatic heterocycles. The number of benzene rings is 1. The average molecular weight is 295 g/mol. The molecule has 2 nitrogen and oxygen atoms in total. The lowest BCUT2D eigenvalue weighted by Gasteiger charge is -2.13. The van der Waals surface area contributed by atoms with Gasteiger partial charge in [-0.05, 0) is 31.4 Å². The summed E-state index contributed by atoms with van der Waals surface area (Å²) in [7, 11) is 0. The molecule has 1 heterocycles. The minimum Gasteiger partial charge on any atom is -0.327 e. The Morgan fingerprint density at radius 2 is 2.15 bits per heavy atom. The zero-order valence-corrected chi connectivity index (χ0v) is 12.5. The first-order valence-corrected chi connectivity index (χ1v) is 7.88. The number of fused-ring (bicyclic) bond motifs is 1. The van der Waals surface area contributed by atoms with Gasteiger partial charge >= 0.3 is 0 Å². The summed E-state index contributed by atoms with van der Waals surface area (Å²) < 4.78 is 15.5. The van der Waals surface area contributed by atoms with Crippen LogP contribution in [0.5, 0.6) is 0 Å². The Kier molecular flexibility index (Phi) is 3.97. The lowest BCUT2D eigenvalue weighted by atomic mass is 10.0. The molecule has 1 aliphatic rings. The van der Waals surface area contributed by atoms with Crippen LogP contribution in [0.15, 0.2) is 18.2 Å². The van der Waals surface area contributed by atoms with Crippen molar-refractivity contribution in [3.05, 3.63) is 29.8 Å². The molecule has 1 saturated carbocycles. The van der Waals surface area contributed by atoms with Crippen LogP contribution in [0.4, 0.5) is 4.39 Å². The summed E-state index contributed by atoms with van der Waals surface area (Å²) in [6.07, 6.45) is 6.57. The normalized spacial score (nSPS) is 17.9. The fourth-order valence-corrected chi connectivity index (χ4v) is 3.44. The van der Waals surface area contributed by atoms with E-state index in [1.54, 1.807) is 0 Å². The fourth-order valence-electron chi connectivity index (χ4n) is 3.27. The highest BCUT2D eigenvalue weighted by Crippen LogP contribution is 2.30. The Morgan fingerprint density at radius 3 is 2.85 bits per heavy atom. The lowest BCUT2D eigenvalue weighted by molar-refractivity contribution is 0.456. The Bertz CT molecular complexity index is 600. The van der Waals surface area contributed by atoms with Gasteiger partial charge in [-0.2, -0.15) is 0 Å². The molecule has 1 aromatic heterocycles. The Labute approximate surface area is 123 Å². The van der Waals surface area contributed by atoms with E-state index in [1.807, 2.05) is 13.0 Å². The maximum absolute atomic E-state index is 13.3. The second-order valence-corrected chi connectivity index (χ2v) is 6.46. The highest BCUT2D eigenvalue weighted by molar-refractivity contribution is 6.20. The Balaban J connectivity index is 1.91. The van der Waals surface area contributed by atoms with E-state index >= 15 is 0 Å². The molecule has 1 unspecified atom stereocenters. The molecule has 2 aromatic rings. The van der Waals surface area contributed by atoms with E-state index < -0.39 is 0 Å². The first kappa shape index (κ1) is 13.9. The molecule has 0 N–H and O–H groups in total. The molecular formula is C16H20ClFN2. The molecule has 1 atom stereocenters. The molecular weight excluding hydrogens is 275 g/mol. The Hall–Kier alpha value is -1.09. The monoisotopic (exact) mass is 294 g/mol. The van der Waals surface area contributed by atoms with E-state index in [0.717, 1.165) is 23.8 Å². The smallest absolute Gasteiger partial charge is 0.127 e. The average Bonchev–Trinajstić information content (AvgIpc) is 3.02. The third kappa shape index (κ3) is 2.69. The van der Waals surface area contributed by atoms with Gasteiger partial charge in [0.25, 0.3) is 0 Å². The van der Waals surface area contributed by atoms with Gasteiger partial charge in [-0.25, -0.2) is 9.37 Å². The number of hydrogen-bond acceptors (Lipinski definition) is 1. The predicted octanol–water partition coefficient (Wildman–Crippen LogP) is 5.06. The third-order valence-electron chi connectivity index (χ3n) is 4.33. The number of aromatic nitrogens is 2. The second kappa shape index (κ2) is 5.72. The number of hydrogen-bond donors (Lipinski definition) is 0. The van der Waals surface area contributed by atoms with E-state index in [0.29, 0.717) is 5.52 Å². The van der Waals surface area contributed by atoms with Gasteiger partial charge in [0.2, 0.25) is 0 Å². The highest BCUT2D eigenvalue weighted by atomic mass is 35.5. The number of rotatable bonds is 4. The van der Waals surface area contributed by atoms with Crippen LogP contribution in [-0.4, -0.2) is 9.55 Å². The summed E-state index contributed by atoms with van der Waals surface area (Å²) in [5.74, 6) is 1.43. The SMILES string of the molecule is CC(Cl)c1nc2cc(F)ccc2n1CCC1CCCC1. The van der Waals surface area contributed by atoms with Gasteiger partial charge < -0.3 is 4.57 Å². The van der Waals surface area contributed by atoms with E-state index in [4.69, 9.17) is 11.6 Å². The maximum Gasteiger partial charge on any atom is 0.127 e. The van der Waals surface area contributed by atoms with E-state index in [2.05, 4.69) is 9.55 Å². The fraction of sp³-hybridized carbons (Fsp3) is 0.562. The van der Waals surface area contributed by atoms with Gasteiger partial charge in [0.1, 0.15) is 11.6 Å². The van der Waals surface area contributed by atoms with Crippen molar-refractivity contribution in [2.45, 2.75) is 50.9 Å². The Morgan fingerprint density at radius 1 is 1.40 bits per heavy atom. The summed E-state index contributed by atoms with van der Waals surface area (Å²) >= 11 is 6.24. The van der Waals surface area contributed by atoms with Crippen LogP contribution < -0.4 is 0 Å². The number of aryl methyl sites for hydroxylation is 1. The molecule has 0 amide bonds. The second-order valence-electron chi connectivity index (χ2n) is 5.81. The van der Waals surface area contributed by atoms with Gasteiger partial charge in [-0.15, -0.1) is 11.6 Å². The van der Waals surface area contributed by atoms with Crippen molar-refractivity contribution in [3.8, 4) is 0 Å². The van der Waals surface area contributed by atoms with Gasteiger partial charge in [0, 0.05) is 12.6 Å². The third-order valence-corrected chi connectivity index (χ3v) is 4.53. The van der Waals surface area contributed by atoms with Crippen LogP contribution in [0.25, 0.3) is 11.0 Å². The number of imidazole rings is 1. The standard InChI is InChI=1S/C16H20ClFN2/c1-11(17)16-19-14-10-13(18)6-7-15(14)20(16)9-8-12-4-2-3-5-12/h6-7,10-12H,2-5,8-9H2,1H3.